The predicted molar refractivity (Wildman–Crippen MR) is 94.3 cm³/mol. The zero-order chi connectivity index (χ0) is 15.3. The largest absolute Gasteiger partial charge is 0.0654 e. The summed E-state index contributed by atoms with van der Waals surface area (Å²) in [6, 6.07) is 0. The minimum absolute atomic E-state index is 0.508. The molecule has 0 rings (SSSR count). The standard InChI is InChI=1S/C20H42/c1-6-8-10-12-14-16-18-19(20(3,4)5)17-15-13-11-9-7-2/h19H,6-18H2,1-5H3. The highest BCUT2D eigenvalue weighted by atomic mass is 14.3. The van der Waals surface area contributed by atoms with Gasteiger partial charge in [-0.25, -0.2) is 0 Å². The van der Waals surface area contributed by atoms with E-state index in [0.717, 1.165) is 5.92 Å². The average Bonchev–Trinajstić information content (AvgIpc) is 2.38. The van der Waals surface area contributed by atoms with Crippen molar-refractivity contribution in [3.05, 3.63) is 0 Å². The van der Waals surface area contributed by atoms with E-state index in [9.17, 15) is 0 Å². The Morgan fingerprint density at radius 2 is 0.900 bits per heavy atom. The van der Waals surface area contributed by atoms with E-state index < -0.39 is 0 Å². The first-order valence-electron chi connectivity index (χ1n) is 9.52. The quantitative estimate of drug-likeness (QED) is 0.303. The van der Waals surface area contributed by atoms with Crippen molar-refractivity contribution >= 4 is 0 Å². The fourth-order valence-corrected chi connectivity index (χ4v) is 3.18. The lowest BCUT2D eigenvalue weighted by Crippen LogP contribution is -2.20. The van der Waals surface area contributed by atoms with Crippen molar-refractivity contribution in [2.24, 2.45) is 11.3 Å². The van der Waals surface area contributed by atoms with E-state index in [4.69, 9.17) is 0 Å². The van der Waals surface area contributed by atoms with Crippen LogP contribution in [0.1, 0.15) is 118 Å². The lowest BCUT2D eigenvalue weighted by Gasteiger charge is -2.31. The van der Waals surface area contributed by atoms with Crippen molar-refractivity contribution < 1.29 is 0 Å². The lowest BCUT2D eigenvalue weighted by atomic mass is 9.75. The third kappa shape index (κ3) is 11.8. The number of hydrogen-bond acceptors (Lipinski definition) is 0. The van der Waals surface area contributed by atoms with Crippen LogP contribution in [0.25, 0.3) is 0 Å². The summed E-state index contributed by atoms with van der Waals surface area (Å²) >= 11 is 0. The zero-order valence-corrected chi connectivity index (χ0v) is 15.3. The molecule has 0 amide bonds. The average molecular weight is 283 g/mol. The molecule has 0 saturated heterocycles. The smallest absolute Gasteiger partial charge is 0.0354 e. The molecule has 0 aliphatic rings. The second-order valence-corrected chi connectivity index (χ2v) is 7.82. The van der Waals surface area contributed by atoms with Gasteiger partial charge in [-0.3, -0.25) is 0 Å². The van der Waals surface area contributed by atoms with Crippen LogP contribution >= 0.6 is 0 Å². The fraction of sp³-hybridized carbons (Fsp3) is 1.00. The number of unbranched alkanes of at least 4 members (excludes halogenated alkanes) is 9. The van der Waals surface area contributed by atoms with Gasteiger partial charge in [-0.05, 0) is 24.2 Å². The van der Waals surface area contributed by atoms with Gasteiger partial charge in [0.15, 0.2) is 0 Å². The highest BCUT2D eigenvalue weighted by Gasteiger charge is 2.23. The predicted octanol–water partition coefficient (Wildman–Crippen LogP) is 7.76. The first-order valence-corrected chi connectivity index (χ1v) is 9.52. The molecule has 1 atom stereocenters. The SMILES string of the molecule is CCCCCCCCC(CCCCCCC)C(C)(C)C. The third-order valence-electron chi connectivity index (χ3n) is 4.79. The minimum atomic E-state index is 0.508. The maximum atomic E-state index is 2.45. The van der Waals surface area contributed by atoms with E-state index in [0.29, 0.717) is 5.41 Å². The second-order valence-electron chi connectivity index (χ2n) is 7.82. The first kappa shape index (κ1) is 20.0. The molecule has 0 spiro atoms. The molecule has 1 unspecified atom stereocenters. The molecule has 0 aliphatic carbocycles. The maximum absolute atomic E-state index is 2.45. The molecule has 0 N–H and O–H groups in total. The zero-order valence-electron chi connectivity index (χ0n) is 15.3. The lowest BCUT2D eigenvalue weighted by molar-refractivity contribution is 0.201. The van der Waals surface area contributed by atoms with E-state index in [1.54, 1.807) is 0 Å². The van der Waals surface area contributed by atoms with Gasteiger partial charge in [0.25, 0.3) is 0 Å². The van der Waals surface area contributed by atoms with Crippen LogP contribution in [0.2, 0.25) is 0 Å². The molecule has 0 aromatic heterocycles. The van der Waals surface area contributed by atoms with Gasteiger partial charge < -0.3 is 0 Å². The molecule has 0 aromatic carbocycles. The molecule has 122 valence electrons. The maximum Gasteiger partial charge on any atom is -0.0354 e. The van der Waals surface area contributed by atoms with Crippen LogP contribution in [0, 0.1) is 11.3 Å². The summed E-state index contributed by atoms with van der Waals surface area (Å²) in [7, 11) is 0. The third-order valence-corrected chi connectivity index (χ3v) is 4.79. The molecule has 0 bridgehead atoms. The van der Waals surface area contributed by atoms with Crippen molar-refractivity contribution in [2.75, 3.05) is 0 Å². The first-order chi connectivity index (χ1) is 9.52. The van der Waals surface area contributed by atoms with Gasteiger partial charge in [-0.1, -0.05) is 105 Å². The van der Waals surface area contributed by atoms with Gasteiger partial charge in [-0.2, -0.15) is 0 Å². The molecular weight excluding hydrogens is 240 g/mol. The van der Waals surface area contributed by atoms with Crippen LogP contribution in [0.3, 0.4) is 0 Å². The molecule has 0 heterocycles. The normalized spacial score (nSPS) is 13.7. The van der Waals surface area contributed by atoms with Crippen LogP contribution < -0.4 is 0 Å². The van der Waals surface area contributed by atoms with Crippen LogP contribution in [0.15, 0.2) is 0 Å². The van der Waals surface area contributed by atoms with Gasteiger partial charge in [0, 0.05) is 0 Å². The summed E-state index contributed by atoms with van der Waals surface area (Å²) in [6.07, 6.45) is 18.7. The van der Waals surface area contributed by atoms with Crippen molar-refractivity contribution in [3.63, 3.8) is 0 Å². The Kier molecular flexibility index (Phi) is 12.7. The summed E-state index contributed by atoms with van der Waals surface area (Å²) in [5, 5.41) is 0. The number of rotatable bonds is 13. The van der Waals surface area contributed by atoms with Crippen molar-refractivity contribution in [1.29, 1.82) is 0 Å². The summed E-state index contributed by atoms with van der Waals surface area (Å²) in [6.45, 7) is 11.9. The molecule has 0 nitrogen and oxygen atoms in total. The number of hydrogen-bond donors (Lipinski definition) is 0. The van der Waals surface area contributed by atoms with Crippen molar-refractivity contribution in [1.82, 2.24) is 0 Å². The van der Waals surface area contributed by atoms with Crippen LogP contribution in [0.5, 0.6) is 0 Å². The summed E-state index contributed by atoms with van der Waals surface area (Å²) < 4.78 is 0. The van der Waals surface area contributed by atoms with E-state index >= 15 is 0 Å². The monoisotopic (exact) mass is 282 g/mol. The summed E-state index contributed by atoms with van der Waals surface area (Å²) in [4.78, 5) is 0. The van der Waals surface area contributed by atoms with E-state index in [1.807, 2.05) is 0 Å². The Balaban J connectivity index is 3.75. The summed E-state index contributed by atoms with van der Waals surface area (Å²) in [5.41, 5.74) is 0.508. The van der Waals surface area contributed by atoms with E-state index in [1.165, 1.54) is 83.5 Å². The minimum Gasteiger partial charge on any atom is -0.0654 e. The highest BCUT2D eigenvalue weighted by molar-refractivity contribution is 4.74. The second kappa shape index (κ2) is 12.7. The Morgan fingerprint density at radius 1 is 0.550 bits per heavy atom. The molecule has 0 aromatic rings. The van der Waals surface area contributed by atoms with Crippen LogP contribution in [0.4, 0.5) is 0 Å². The molecule has 0 heteroatoms. The molecule has 0 radical (unpaired) electrons. The molecular formula is C20H42. The topological polar surface area (TPSA) is 0 Å². The summed E-state index contributed by atoms with van der Waals surface area (Å²) in [5.74, 6) is 0.940. The van der Waals surface area contributed by atoms with E-state index in [2.05, 4.69) is 34.6 Å². The van der Waals surface area contributed by atoms with Gasteiger partial charge in [-0.15, -0.1) is 0 Å². The van der Waals surface area contributed by atoms with Crippen LogP contribution in [-0.4, -0.2) is 0 Å². The highest BCUT2D eigenvalue weighted by Crippen LogP contribution is 2.34. The van der Waals surface area contributed by atoms with Gasteiger partial charge in [0.05, 0.1) is 0 Å². The molecule has 0 saturated carbocycles. The van der Waals surface area contributed by atoms with Gasteiger partial charge in [0.1, 0.15) is 0 Å². The van der Waals surface area contributed by atoms with Crippen molar-refractivity contribution in [2.45, 2.75) is 118 Å². The van der Waals surface area contributed by atoms with Gasteiger partial charge >= 0.3 is 0 Å². The molecule has 0 fully saturated rings. The van der Waals surface area contributed by atoms with Crippen LogP contribution in [-0.2, 0) is 0 Å². The Hall–Kier alpha value is 0. The molecule has 20 heavy (non-hydrogen) atoms. The van der Waals surface area contributed by atoms with Gasteiger partial charge in [0.2, 0.25) is 0 Å². The Morgan fingerprint density at radius 3 is 1.25 bits per heavy atom. The Labute approximate surface area is 130 Å². The Bertz CT molecular complexity index is 187. The van der Waals surface area contributed by atoms with E-state index in [-0.39, 0.29) is 0 Å². The fourth-order valence-electron chi connectivity index (χ4n) is 3.18. The van der Waals surface area contributed by atoms with Crippen molar-refractivity contribution in [3.8, 4) is 0 Å². The molecule has 0 aliphatic heterocycles.